The maximum atomic E-state index is 11.3. The number of aryl methyl sites for hydroxylation is 1. The van der Waals surface area contributed by atoms with Crippen LogP contribution >= 0.6 is 0 Å². The van der Waals surface area contributed by atoms with Crippen molar-refractivity contribution in [2.45, 2.75) is 61.2 Å². The molecule has 5 aromatic rings. The molecule has 0 aliphatic rings. The summed E-state index contributed by atoms with van der Waals surface area (Å²) in [5.41, 5.74) is 8.59. The van der Waals surface area contributed by atoms with Gasteiger partial charge >= 0.3 is 0 Å². The largest absolute Gasteiger partial charge is 0.512 e. The Morgan fingerprint density at radius 3 is 1.96 bits per heavy atom. The Bertz CT molecular complexity index is 1820. The molecule has 1 radical (unpaired) electrons. The summed E-state index contributed by atoms with van der Waals surface area (Å²) in [5.74, 6) is 0.153. The quantitative estimate of drug-likeness (QED) is 0.0805. The van der Waals surface area contributed by atoms with Gasteiger partial charge in [-0.25, -0.2) is 0 Å². The van der Waals surface area contributed by atoms with Gasteiger partial charge < -0.3 is 5.11 Å². The van der Waals surface area contributed by atoms with Gasteiger partial charge in [-0.05, 0) is 28.5 Å². The smallest absolute Gasteiger partial charge is 0.164 e. The molecule has 5 heteroatoms. The van der Waals surface area contributed by atoms with Gasteiger partial charge in [-0.2, -0.15) is 0 Å². The molecule has 0 saturated carbocycles. The van der Waals surface area contributed by atoms with E-state index in [1.165, 1.54) is 38.9 Å². The Balaban J connectivity index is 0.000000380. The first-order valence-electron chi connectivity index (χ1n) is 15.7. The molecule has 0 aliphatic heterocycles. The molecule has 241 valence electrons. The van der Waals surface area contributed by atoms with Gasteiger partial charge in [0.25, 0.3) is 0 Å². The molecule has 0 fully saturated rings. The summed E-state index contributed by atoms with van der Waals surface area (Å²) < 4.78 is 0. The van der Waals surface area contributed by atoms with Gasteiger partial charge in [-0.3, -0.25) is 9.78 Å². The van der Waals surface area contributed by atoms with Crippen molar-refractivity contribution in [1.29, 1.82) is 0 Å². The molecule has 4 aromatic carbocycles. The molecule has 5 rings (SSSR count). The molecule has 0 bridgehead atoms. The Hall–Kier alpha value is -3.63. The molecule has 1 N–H and O–H groups in total. The predicted octanol–water partition coefficient (Wildman–Crippen LogP) is 10.6. The summed E-state index contributed by atoms with van der Waals surface area (Å²) in [7, 11) is -1.44. The minimum absolute atomic E-state index is 0. The van der Waals surface area contributed by atoms with Crippen LogP contribution in [0.3, 0.4) is 0 Å². The number of pyridine rings is 1. The van der Waals surface area contributed by atoms with Crippen molar-refractivity contribution < 1.29 is 30.0 Å². The minimum Gasteiger partial charge on any atom is -0.512 e. The van der Waals surface area contributed by atoms with E-state index in [2.05, 4.69) is 130 Å². The van der Waals surface area contributed by atoms with Crippen LogP contribution < -0.4 is 5.19 Å². The van der Waals surface area contributed by atoms with Gasteiger partial charge in [0.15, 0.2) is 5.78 Å². The fourth-order valence-electron chi connectivity index (χ4n) is 4.85. The van der Waals surface area contributed by atoms with Crippen molar-refractivity contribution in [1.82, 2.24) is 4.98 Å². The van der Waals surface area contributed by atoms with Crippen LogP contribution in [0.25, 0.3) is 44.4 Å². The van der Waals surface area contributed by atoms with Gasteiger partial charge in [-0.15, -0.1) is 34.9 Å². The second-order valence-corrected chi connectivity index (χ2v) is 19.2. The number of hydrogen-bond donors (Lipinski definition) is 1. The molecule has 0 atom stereocenters. The van der Waals surface area contributed by atoms with Gasteiger partial charge in [0.05, 0.1) is 19.3 Å². The zero-order valence-electron chi connectivity index (χ0n) is 28.5. The van der Waals surface area contributed by atoms with Gasteiger partial charge in [-0.1, -0.05) is 145 Å². The van der Waals surface area contributed by atoms with E-state index in [0.29, 0.717) is 0 Å². The standard InChI is InChI=1S/C31H28NSi.C10H18O2.Ir/c1-22-17-25(23-11-7-5-8-12-23)19-26(18-22)31-21-28(24-13-9-6-10-14-24)29-20-27(33(2,3)4)15-16-30(29)32-31;1-7(2)8(11)6-9(12)10(3,4)5;/h5-17,19-21H,1-4H3;6-7,11H,1-5H3;/q-1;;/b;8-6-;. The number of carbonyl (C=O) groups is 1. The summed E-state index contributed by atoms with van der Waals surface area (Å²) in [6, 6.07) is 38.2. The normalized spacial score (nSPS) is 11.9. The van der Waals surface area contributed by atoms with Crippen LogP contribution in [0.4, 0.5) is 0 Å². The second-order valence-electron chi connectivity index (χ2n) is 14.1. The van der Waals surface area contributed by atoms with Crippen LogP contribution in [0.15, 0.2) is 109 Å². The maximum absolute atomic E-state index is 11.3. The summed E-state index contributed by atoms with van der Waals surface area (Å²) in [6.07, 6.45) is 1.32. The summed E-state index contributed by atoms with van der Waals surface area (Å²) in [5, 5.41) is 12.0. The van der Waals surface area contributed by atoms with Crippen LogP contribution in [-0.2, 0) is 24.9 Å². The van der Waals surface area contributed by atoms with Gasteiger partial charge in [0.2, 0.25) is 0 Å². The zero-order valence-corrected chi connectivity index (χ0v) is 31.9. The molecule has 0 unspecified atom stereocenters. The van der Waals surface area contributed by atoms with Crippen molar-refractivity contribution in [2.75, 3.05) is 0 Å². The Morgan fingerprint density at radius 1 is 0.826 bits per heavy atom. The number of carbonyl (C=O) groups excluding carboxylic acids is 1. The van der Waals surface area contributed by atoms with Crippen LogP contribution in [-0.4, -0.2) is 23.9 Å². The van der Waals surface area contributed by atoms with Crippen molar-refractivity contribution in [2.24, 2.45) is 11.3 Å². The van der Waals surface area contributed by atoms with E-state index in [4.69, 9.17) is 4.98 Å². The van der Waals surface area contributed by atoms with E-state index in [0.717, 1.165) is 22.3 Å². The van der Waals surface area contributed by atoms with E-state index in [1.807, 2.05) is 34.6 Å². The molecule has 3 nitrogen and oxygen atoms in total. The van der Waals surface area contributed by atoms with Crippen molar-refractivity contribution in [3.05, 3.63) is 121 Å². The molecule has 0 amide bonds. The maximum Gasteiger partial charge on any atom is 0.164 e. The number of aliphatic hydroxyl groups excluding tert-OH is 1. The molecular formula is C41H46IrNO2Si-. The number of fused-ring (bicyclic) bond motifs is 1. The molecule has 1 heterocycles. The summed E-state index contributed by atoms with van der Waals surface area (Å²) in [6.45, 7) is 18.5. The Labute approximate surface area is 290 Å². The predicted molar refractivity (Wildman–Crippen MR) is 195 cm³/mol. The van der Waals surface area contributed by atoms with E-state index < -0.39 is 13.5 Å². The van der Waals surface area contributed by atoms with Crippen LogP contribution in [0.2, 0.25) is 19.6 Å². The van der Waals surface area contributed by atoms with E-state index >= 15 is 0 Å². The molecule has 0 aliphatic carbocycles. The molecule has 0 saturated heterocycles. The first-order valence-corrected chi connectivity index (χ1v) is 19.2. The van der Waals surface area contributed by atoms with Crippen molar-refractivity contribution in [3.8, 4) is 33.5 Å². The zero-order chi connectivity index (χ0) is 32.9. The summed E-state index contributed by atoms with van der Waals surface area (Å²) >= 11 is 0. The monoisotopic (exact) mass is 805 g/mol. The average Bonchev–Trinajstić information content (AvgIpc) is 3.00. The van der Waals surface area contributed by atoms with E-state index in [1.54, 1.807) is 0 Å². The fraction of sp³-hybridized carbons (Fsp3) is 0.268. The number of nitrogens with zero attached hydrogens (tertiary/aromatic N) is 1. The number of aromatic nitrogens is 1. The summed E-state index contributed by atoms with van der Waals surface area (Å²) in [4.78, 5) is 16.5. The molecule has 0 spiro atoms. The number of benzene rings is 4. The third-order valence-corrected chi connectivity index (χ3v) is 9.80. The van der Waals surface area contributed by atoms with Crippen LogP contribution in [0.5, 0.6) is 0 Å². The van der Waals surface area contributed by atoms with Crippen LogP contribution in [0, 0.1) is 24.3 Å². The van der Waals surface area contributed by atoms with E-state index in [-0.39, 0.29) is 37.6 Å². The molecule has 46 heavy (non-hydrogen) atoms. The van der Waals surface area contributed by atoms with Crippen molar-refractivity contribution >= 4 is 29.9 Å². The first kappa shape index (κ1) is 36.8. The number of ketones is 1. The van der Waals surface area contributed by atoms with E-state index in [9.17, 15) is 9.90 Å². The third-order valence-electron chi connectivity index (χ3n) is 7.76. The second kappa shape index (κ2) is 15.3. The topological polar surface area (TPSA) is 50.2 Å². The number of hydrogen-bond acceptors (Lipinski definition) is 3. The van der Waals surface area contributed by atoms with Gasteiger partial charge in [0.1, 0.15) is 0 Å². The SMILES string of the molecule is CC(C)/C(O)=C/C(=O)C(C)(C)C.Cc1[c-]c(-c2cc(-c3ccccc3)c3cc([Si](C)(C)C)ccc3n2)cc(-c2ccccc2)c1.[Ir]. The first-order chi connectivity index (χ1) is 21.1. The number of allylic oxidation sites excluding steroid dienone is 2. The average molecular weight is 805 g/mol. The van der Waals surface area contributed by atoms with Crippen molar-refractivity contribution in [3.63, 3.8) is 0 Å². The Morgan fingerprint density at radius 2 is 1.41 bits per heavy atom. The third kappa shape index (κ3) is 9.45. The fourth-order valence-corrected chi connectivity index (χ4v) is 6.02. The number of rotatable bonds is 6. The Kier molecular flexibility index (Phi) is 12.3. The minimum atomic E-state index is -1.44. The van der Waals surface area contributed by atoms with Gasteiger partial charge in [0, 0.05) is 42.9 Å². The van der Waals surface area contributed by atoms with Crippen LogP contribution in [0.1, 0.15) is 40.2 Å². The number of aliphatic hydroxyl groups is 1. The molecule has 1 aromatic heterocycles. The molecular weight excluding hydrogens is 759 g/mol.